The minimum Gasteiger partial charge on any atom is -0.495 e. The summed E-state index contributed by atoms with van der Waals surface area (Å²) in [6, 6.07) is 5.61. The van der Waals surface area contributed by atoms with Crippen LogP contribution in [-0.4, -0.2) is 26.9 Å². The molecule has 1 aromatic rings. The number of methoxy groups -OCH3 is 1. The first kappa shape index (κ1) is 13.4. The Kier molecular flexibility index (Phi) is 5.96. The van der Waals surface area contributed by atoms with Crippen LogP contribution in [0.25, 0.3) is 0 Å². The van der Waals surface area contributed by atoms with Gasteiger partial charge in [-0.3, -0.25) is 0 Å². The Hall–Kier alpha value is -1.68. The predicted molar refractivity (Wildman–Crippen MR) is 71.5 cm³/mol. The Morgan fingerprint density at radius 1 is 1.41 bits per heavy atom. The van der Waals surface area contributed by atoms with Crippen LogP contribution < -0.4 is 15.8 Å². The second-order valence-corrected chi connectivity index (χ2v) is 3.57. The molecule has 0 aromatic heterocycles. The Labute approximate surface area is 102 Å². The van der Waals surface area contributed by atoms with E-state index in [4.69, 9.17) is 15.2 Å². The molecule has 0 heterocycles. The van der Waals surface area contributed by atoms with Crippen molar-refractivity contribution in [2.45, 2.75) is 6.42 Å². The van der Waals surface area contributed by atoms with Crippen LogP contribution in [0.3, 0.4) is 0 Å². The molecule has 0 saturated carbocycles. The SMILES string of the molecule is C=CCCOCCNc1ccc(N)c(OC)c1. The van der Waals surface area contributed by atoms with Gasteiger partial charge in [-0.1, -0.05) is 6.08 Å². The minimum atomic E-state index is 0.639. The molecule has 0 radical (unpaired) electrons. The molecule has 0 aliphatic carbocycles. The Morgan fingerprint density at radius 2 is 2.24 bits per heavy atom. The lowest BCUT2D eigenvalue weighted by atomic mass is 10.2. The van der Waals surface area contributed by atoms with E-state index in [2.05, 4.69) is 11.9 Å². The molecule has 1 rings (SSSR count). The summed E-state index contributed by atoms with van der Waals surface area (Å²) in [6.45, 7) is 5.77. The molecule has 3 N–H and O–H groups in total. The molecule has 94 valence electrons. The van der Waals surface area contributed by atoms with Gasteiger partial charge in [0.25, 0.3) is 0 Å². The van der Waals surface area contributed by atoms with Crippen LogP contribution in [0, 0.1) is 0 Å². The van der Waals surface area contributed by atoms with Crippen molar-refractivity contribution >= 4 is 11.4 Å². The number of hydrogen-bond acceptors (Lipinski definition) is 4. The minimum absolute atomic E-state index is 0.639. The summed E-state index contributed by atoms with van der Waals surface area (Å²) >= 11 is 0. The van der Waals surface area contributed by atoms with Crippen LogP contribution in [0.4, 0.5) is 11.4 Å². The van der Waals surface area contributed by atoms with Gasteiger partial charge in [0.15, 0.2) is 0 Å². The van der Waals surface area contributed by atoms with Gasteiger partial charge in [-0.05, 0) is 18.6 Å². The van der Waals surface area contributed by atoms with Gasteiger partial charge in [-0.25, -0.2) is 0 Å². The van der Waals surface area contributed by atoms with Gasteiger partial charge in [0, 0.05) is 18.3 Å². The molecule has 1 aromatic carbocycles. The quantitative estimate of drug-likeness (QED) is 0.413. The van der Waals surface area contributed by atoms with Gasteiger partial charge in [0.05, 0.1) is 26.0 Å². The molecular weight excluding hydrogens is 216 g/mol. The zero-order valence-electron chi connectivity index (χ0n) is 10.2. The highest BCUT2D eigenvalue weighted by Gasteiger charge is 2.00. The summed E-state index contributed by atoms with van der Waals surface area (Å²) in [6.07, 6.45) is 2.73. The Bertz CT molecular complexity index is 353. The number of nitrogens with one attached hydrogen (secondary N) is 1. The maximum atomic E-state index is 5.72. The summed E-state index contributed by atoms with van der Waals surface area (Å²) in [4.78, 5) is 0. The summed E-state index contributed by atoms with van der Waals surface area (Å²) < 4.78 is 10.5. The van der Waals surface area contributed by atoms with Crippen molar-refractivity contribution in [3.05, 3.63) is 30.9 Å². The Balaban J connectivity index is 2.29. The molecule has 0 aliphatic rings. The third kappa shape index (κ3) is 4.78. The van der Waals surface area contributed by atoms with Crippen LogP contribution in [0.2, 0.25) is 0 Å². The number of benzene rings is 1. The molecule has 17 heavy (non-hydrogen) atoms. The smallest absolute Gasteiger partial charge is 0.143 e. The maximum absolute atomic E-state index is 5.72. The van der Waals surface area contributed by atoms with Crippen molar-refractivity contribution < 1.29 is 9.47 Å². The molecule has 0 saturated heterocycles. The van der Waals surface area contributed by atoms with E-state index in [1.165, 1.54) is 0 Å². The fourth-order valence-electron chi connectivity index (χ4n) is 1.36. The van der Waals surface area contributed by atoms with Gasteiger partial charge in [0.2, 0.25) is 0 Å². The molecule has 0 aliphatic heterocycles. The van der Waals surface area contributed by atoms with Crippen LogP contribution in [0.1, 0.15) is 6.42 Å². The van der Waals surface area contributed by atoms with E-state index < -0.39 is 0 Å². The third-order valence-electron chi connectivity index (χ3n) is 2.28. The molecule has 0 fully saturated rings. The average molecular weight is 236 g/mol. The molecule has 0 atom stereocenters. The summed E-state index contributed by atoms with van der Waals surface area (Å²) in [7, 11) is 1.61. The lowest BCUT2D eigenvalue weighted by Crippen LogP contribution is -2.10. The fourth-order valence-corrected chi connectivity index (χ4v) is 1.36. The third-order valence-corrected chi connectivity index (χ3v) is 2.28. The molecular formula is C13H20N2O2. The lowest BCUT2D eigenvalue weighted by molar-refractivity contribution is 0.149. The van der Waals surface area contributed by atoms with Crippen LogP contribution in [-0.2, 0) is 4.74 Å². The monoisotopic (exact) mass is 236 g/mol. The number of anilines is 2. The number of hydrogen-bond donors (Lipinski definition) is 2. The van der Waals surface area contributed by atoms with Gasteiger partial charge < -0.3 is 20.5 Å². The first-order valence-corrected chi connectivity index (χ1v) is 5.64. The standard InChI is InChI=1S/C13H20N2O2/c1-3-4-8-17-9-7-15-11-5-6-12(14)13(10-11)16-2/h3,5-6,10,15H,1,4,7-9,14H2,2H3. The highest BCUT2D eigenvalue weighted by atomic mass is 16.5. The van der Waals surface area contributed by atoms with Crippen molar-refractivity contribution in [2.24, 2.45) is 0 Å². The van der Waals surface area contributed by atoms with Crippen molar-refractivity contribution in [3.8, 4) is 5.75 Å². The zero-order chi connectivity index (χ0) is 12.5. The summed E-state index contributed by atoms with van der Waals surface area (Å²) in [5.41, 5.74) is 7.34. The van der Waals surface area contributed by atoms with E-state index in [1.807, 2.05) is 24.3 Å². The highest BCUT2D eigenvalue weighted by Crippen LogP contribution is 2.24. The fraction of sp³-hybridized carbons (Fsp3) is 0.385. The molecule has 4 nitrogen and oxygen atoms in total. The second kappa shape index (κ2) is 7.57. The number of ether oxygens (including phenoxy) is 2. The van der Waals surface area contributed by atoms with Gasteiger partial charge in [-0.2, -0.15) is 0 Å². The Morgan fingerprint density at radius 3 is 2.94 bits per heavy atom. The topological polar surface area (TPSA) is 56.5 Å². The molecule has 0 amide bonds. The van der Waals surface area contributed by atoms with E-state index in [0.717, 1.165) is 25.3 Å². The molecule has 0 bridgehead atoms. The summed E-state index contributed by atoms with van der Waals surface area (Å²) in [5, 5.41) is 3.24. The summed E-state index contributed by atoms with van der Waals surface area (Å²) in [5.74, 6) is 0.683. The molecule has 0 unspecified atom stereocenters. The van der Waals surface area contributed by atoms with Gasteiger partial charge >= 0.3 is 0 Å². The van der Waals surface area contributed by atoms with E-state index in [-0.39, 0.29) is 0 Å². The van der Waals surface area contributed by atoms with Crippen molar-refractivity contribution in [1.29, 1.82) is 0 Å². The number of rotatable bonds is 8. The average Bonchev–Trinajstić information content (AvgIpc) is 2.35. The normalized spacial score (nSPS) is 9.94. The van der Waals surface area contributed by atoms with Crippen LogP contribution >= 0.6 is 0 Å². The highest BCUT2D eigenvalue weighted by molar-refractivity contribution is 5.61. The van der Waals surface area contributed by atoms with Crippen LogP contribution in [0.15, 0.2) is 30.9 Å². The zero-order valence-corrected chi connectivity index (χ0v) is 10.2. The van der Waals surface area contributed by atoms with Crippen molar-refractivity contribution in [3.63, 3.8) is 0 Å². The largest absolute Gasteiger partial charge is 0.495 e. The van der Waals surface area contributed by atoms with Gasteiger partial charge in [0.1, 0.15) is 5.75 Å². The number of nitrogens with two attached hydrogens (primary N) is 1. The number of nitrogen functional groups attached to an aromatic ring is 1. The molecule has 4 heteroatoms. The van der Waals surface area contributed by atoms with Crippen LogP contribution in [0.5, 0.6) is 5.75 Å². The van der Waals surface area contributed by atoms with Gasteiger partial charge in [-0.15, -0.1) is 6.58 Å². The first-order chi connectivity index (χ1) is 8.27. The molecule has 0 spiro atoms. The first-order valence-electron chi connectivity index (χ1n) is 5.64. The van der Waals surface area contributed by atoms with E-state index >= 15 is 0 Å². The maximum Gasteiger partial charge on any atom is 0.143 e. The van der Waals surface area contributed by atoms with E-state index in [0.29, 0.717) is 18.0 Å². The lowest BCUT2D eigenvalue weighted by Gasteiger charge is -2.10. The van der Waals surface area contributed by atoms with E-state index in [1.54, 1.807) is 7.11 Å². The second-order valence-electron chi connectivity index (χ2n) is 3.57. The predicted octanol–water partition coefficient (Wildman–Crippen LogP) is 2.28. The van der Waals surface area contributed by atoms with Crippen molar-refractivity contribution in [1.82, 2.24) is 0 Å². The van der Waals surface area contributed by atoms with Crippen molar-refractivity contribution in [2.75, 3.05) is 37.9 Å². The van der Waals surface area contributed by atoms with E-state index in [9.17, 15) is 0 Å².